The van der Waals surface area contributed by atoms with Crippen molar-refractivity contribution in [2.75, 3.05) is 7.05 Å². The molecular weight excluding hydrogens is 296 g/mol. The van der Waals surface area contributed by atoms with Crippen molar-refractivity contribution >= 4 is 11.8 Å². The Kier molecular flexibility index (Phi) is 5.30. The SMILES string of the molecule is CC(=O)N(C)[C@@H]1CC[C@@H](C(=O)NCc2nc(C)cc(C)n2)[C@@H]1O. The minimum absolute atomic E-state index is 0.112. The van der Waals surface area contributed by atoms with Crippen molar-refractivity contribution in [2.24, 2.45) is 5.92 Å². The molecule has 0 bridgehead atoms. The second-order valence-corrected chi connectivity index (χ2v) is 6.16. The summed E-state index contributed by atoms with van der Waals surface area (Å²) in [5.41, 5.74) is 1.71. The lowest BCUT2D eigenvalue weighted by molar-refractivity contribution is -0.134. The Bertz CT molecular complexity index is 585. The average Bonchev–Trinajstić information content (AvgIpc) is 2.84. The number of aryl methyl sites for hydroxylation is 2. The van der Waals surface area contributed by atoms with E-state index in [4.69, 9.17) is 0 Å². The van der Waals surface area contributed by atoms with Crippen LogP contribution in [-0.2, 0) is 16.1 Å². The molecule has 2 rings (SSSR count). The third kappa shape index (κ3) is 4.04. The van der Waals surface area contributed by atoms with Crippen LogP contribution in [0.2, 0.25) is 0 Å². The molecule has 0 saturated heterocycles. The van der Waals surface area contributed by atoms with E-state index in [2.05, 4.69) is 15.3 Å². The van der Waals surface area contributed by atoms with Gasteiger partial charge in [0, 0.05) is 25.4 Å². The number of hydrogen-bond acceptors (Lipinski definition) is 5. The number of carbonyl (C=O) groups is 2. The number of likely N-dealkylation sites (N-methyl/N-ethyl adjacent to an activating group) is 1. The quantitative estimate of drug-likeness (QED) is 0.833. The molecular formula is C16H24N4O3. The molecule has 1 aliphatic carbocycles. The van der Waals surface area contributed by atoms with E-state index in [1.807, 2.05) is 19.9 Å². The van der Waals surface area contributed by atoms with Crippen LogP contribution >= 0.6 is 0 Å². The van der Waals surface area contributed by atoms with Gasteiger partial charge in [-0.25, -0.2) is 9.97 Å². The maximum atomic E-state index is 12.3. The van der Waals surface area contributed by atoms with Gasteiger partial charge in [-0.15, -0.1) is 0 Å². The van der Waals surface area contributed by atoms with E-state index in [9.17, 15) is 14.7 Å². The number of aliphatic hydroxyl groups excluding tert-OH is 1. The fraction of sp³-hybridized carbons (Fsp3) is 0.625. The van der Waals surface area contributed by atoms with Crippen molar-refractivity contribution in [1.82, 2.24) is 20.2 Å². The van der Waals surface area contributed by atoms with Crippen molar-refractivity contribution in [1.29, 1.82) is 0 Å². The Hall–Kier alpha value is -2.02. The Morgan fingerprint density at radius 3 is 2.48 bits per heavy atom. The molecule has 0 aromatic carbocycles. The molecule has 0 unspecified atom stereocenters. The van der Waals surface area contributed by atoms with Gasteiger partial charge in [0.25, 0.3) is 0 Å². The van der Waals surface area contributed by atoms with Crippen LogP contribution in [-0.4, -0.2) is 51.0 Å². The van der Waals surface area contributed by atoms with Crippen LogP contribution in [0.4, 0.5) is 0 Å². The van der Waals surface area contributed by atoms with E-state index in [1.165, 1.54) is 11.8 Å². The van der Waals surface area contributed by atoms with E-state index in [1.54, 1.807) is 7.05 Å². The zero-order valence-electron chi connectivity index (χ0n) is 14.0. The summed E-state index contributed by atoms with van der Waals surface area (Å²) in [6.07, 6.45) is 0.335. The van der Waals surface area contributed by atoms with Crippen molar-refractivity contribution in [3.05, 3.63) is 23.3 Å². The number of carbonyl (C=O) groups excluding carboxylic acids is 2. The zero-order valence-corrected chi connectivity index (χ0v) is 14.0. The first-order valence-electron chi connectivity index (χ1n) is 7.80. The molecule has 1 fully saturated rings. The molecule has 2 N–H and O–H groups in total. The molecule has 23 heavy (non-hydrogen) atoms. The highest BCUT2D eigenvalue weighted by Crippen LogP contribution is 2.29. The summed E-state index contributed by atoms with van der Waals surface area (Å²) < 4.78 is 0. The summed E-state index contributed by atoms with van der Waals surface area (Å²) in [7, 11) is 1.65. The van der Waals surface area contributed by atoms with Gasteiger partial charge in [0.2, 0.25) is 11.8 Å². The van der Waals surface area contributed by atoms with Crippen LogP contribution in [0, 0.1) is 19.8 Å². The highest BCUT2D eigenvalue weighted by atomic mass is 16.3. The number of hydrogen-bond donors (Lipinski definition) is 2. The van der Waals surface area contributed by atoms with E-state index < -0.39 is 12.0 Å². The van der Waals surface area contributed by atoms with Crippen molar-refractivity contribution in [3.8, 4) is 0 Å². The van der Waals surface area contributed by atoms with Crippen LogP contribution in [0.3, 0.4) is 0 Å². The summed E-state index contributed by atoms with van der Waals surface area (Å²) in [6, 6.07) is 1.56. The molecule has 2 amide bonds. The molecule has 3 atom stereocenters. The molecule has 7 nitrogen and oxygen atoms in total. The molecule has 7 heteroatoms. The molecule has 1 saturated carbocycles. The molecule has 1 aliphatic rings. The van der Waals surface area contributed by atoms with E-state index in [-0.39, 0.29) is 24.4 Å². The van der Waals surface area contributed by atoms with Crippen LogP contribution in [0.25, 0.3) is 0 Å². The number of amides is 2. The molecule has 1 heterocycles. The molecule has 126 valence electrons. The number of aliphatic hydroxyl groups is 1. The lowest BCUT2D eigenvalue weighted by atomic mass is 10.0. The molecule has 0 aliphatic heterocycles. The molecule has 1 aromatic rings. The summed E-state index contributed by atoms with van der Waals surface area (Å²) >= 11 is 0. The molecule has 0 spiro atoms. The number of aromatic nitrogens is 2. The number of rotatable bonds is 4. The summed E-state index contributed by atoms with van der Waals surface area (Å²) in [5, 5.41) is 13.1. The van der Waals surface area contributed by atoms with Gasteiger partial charge in [0.05, 0.1) is 24.6 Å². The van der Waals surface area contributed by atoms with Gasteiger partial charge in [-0.1, -0.05) is 0 Å². The van der Waals surface area contributed by atoms with Gasteiger partial charge in [0.15, 0.2) is 0 Å². The standard InChI is InChI=1S/C16H24N4O3/c1-9-7-10(2)19-14(18-9)8-17-16(23)12-5-6-13(15(12)22)20(4)11(3)21/h7,12-13,15,22H,5-6,8H2,1-4H3,(H,17,23)/t12-,13-,15+/m1/s1. The third-order valence-electron chi connectivity index (χ3n) is 4.36. The summed E-state index contributed by atoms with van der Waals surface area (Å²) in [6.45, 7) is 5.45. The predicted molar refractivity (Wildman–Crippen MR) is 84.3 cm³/mol. The summed E-state index contributed by atoms with van der Waals surface area (Å²) in [4.78, 5) is 33.8. The first kappa shape index (κ1) is 17.3. The number of nitrogens with one attached hydrogen (secondary N) is 1. The van der Waals surface area contributed by atoms with Gasteiger partial charge in [-0.2, -0.15) is 0 Å². The monoisotopic (exact) mass is 320 g/mol. The van der Waals surface area contributed by atoms with Gasteiger partial charge in [0.1, 0.15) is 5.82 Å². The van der Waals surface area contributed by atoms with Crippen LogP contribution in [0.1, 0.15) is 37.0 Å². The second-order valence-electron chi connectivity index (χ2n) is 6.16. The Morgan fingerprint density at radius 2 is 1.91 bits per heavy atom. The van der Waals surface area contributed by atoms with E-state index in [0.29, 0.717) is 18.7 Å². The van der Waals surface area contributed by atoms with Crippen molar-refractivity contribution in [2.45, 2.75) is 52.3 Å². The highest BCUT2D eigenvalue weighted by molar-refractivity contribution is 5.80. The van der Waals surface area contributed by atoms with Crippen LogP contribution < -0.4 is 5.32 Å². The van der Waals surface area contributed by atoms with Crippen molar-refractivity contribution < 1.29 is 14.7 Å². The zero-order chi connectivity index (χ0) is 17.1. The first-order chi connectivity index (χ1) is 10.8. The predicted octanol–water partition coefficient (Wildman–Crippen LogP) is 0.327. The lowest BCUT2D eigenvalue weighted by Crippen LogP contribution is -2.45. The lowest BCUT2D eigenvalue weighted by Gasteiger charge is -2.27. The number of nitrogens with zero attached hydrogens (tertiary/aromatic N) is 3. The van der Waals surface area contributed by atoms with Gasteiger partial charge >= 0.3 is 0 Å². The van der Waals surface area contributed by atoms with E-state index >= 15 is 0 Å². The normalized spacial score (nSPS) is 23.6. The Morgan fingerprint density at radius 1 is 1.30 bits per heavy atom. The second kappa shape index (κ2) is 7.04. The molecule has 0 radical (unpaired) electrons. The Balaban J connectivity index is 1.95. The first-order valence-corrected chi connectivity index (χ1v) is 7.80. The van der Waals surface area contributed by atoms with Gasteiger partial charge < -0.3 is 15.3 Å². The van der Waals surface area contributed by atoms with E-state index in [0.717, 1.165) is 11.4 Å². The minimum Gasteiger partial charge on any atom is -0.390 e. The molecule has 1 aromatic heterocycles. The van der Waals surface area contributed by atoms with Crippen molar-refractivity contribution in [3.63, 3.8) is 0 Å². The fourth-order valence-corrected chi connectivity index (χ4v) is 3.08. The summed E-state index contributed by atoms with van der Waals surface area (Å²) in [5.74, 6) is -0.285. The minimum atomic E-state index is -0.843. The van der Waals surface area contributed by atoms with Gasteiger partial charge in [-0.3, -0.25) is 9.59 Å². The van der Waals surface area contributed by atoms with Crippen LogP contribution in [0.5, 0.6) is 0 Å². The van der Waals surface area contributed by atoms with Crippen LogP contribution in [0.15, 0.2) is 6.07 Å². The average molecular weight is 320 g/mol. The third-order valence-corrected chi connectivity index (χ3v) is 4.36. The topological polar surface area (TPSA) is 95.4 Å². The largest absolute Gasteiger partial charge is 0.390 e. The fourth-order valence-electron chi connectivity index (χ4n) is 3.08. The van der Waals surface area contributed by atoms with Gasteiger partial charge in [-0.05, 0) is 32.8 Å². The maximum absolute atomic E-state index is 12.3. The Labute approximate surface area is 136 Å². The smallest absolute Gasteiger partial charge is 0.226 e. The highest BCUT2D eigenvalue weighted by Gasteiger charge is 2.41. The maximum Gasteiger partial charge on any atom is 0.226 e.